The van der Waals surface area contributed by atoms with Crippen LogP contribution in [0.3, 0.4) is 0 Å². The number of carbonyl (C=O) groups excluding carboxylic acids is 1. The van der Waals surface area contributed by atoms with E-state index in [1.165, 1.54) is 0 Å². The molecule has 1 atom stereocenters. The number of hydrogen-bond donors (Lipinski definition) is 2. The quantitative estimate of drug-likeness (QED) is 0.0784. The number of rotatable bonds is 19. The highest BCUT2D eigenvalue weighted by atomic mass is 16.5. The lowest BCUT2D eigenvalue weighted by Crippen LogP contribution is -2.38. The minimum atomic E-state index is -0.369. The third-order valence-electron chi connectivity index (χ3n) is 9.28. The Balaban J connectivity index is 0.965. The number of methoxy groups -OCH3 is 6. The molecule has 6 rings (SSSR count). The second-order valence-corrected chi connectivity index (χ2v) is 12.7. The largest absolute Gasteiger partial charge is 0.493 e. The highest BCUT2D eigenvalue weighted by molar-refractivity contribution is 6.01. The summed E-state index contributed by atoms with van der Waals surface area (Å²) in [5.41, 5.74) is 4.33. The zero-order chi connectivity index (χ0) is 38.7. The van der Waals surface area contributed by atoms with Gasteiger partial charge in [0.15, 0.2) is 40.3 Å². The van der Waals surface area contributed by atoms with E-state index in [0.29, 0.717) is 81.8 Å². The fourth-order valence-electron chi connectivity index (χ4n) is 6.39. The van der Waals surface area contributed by atoms with Crippen molar-refractivity contribution in [1.82, 2.24) is 10.5 Å². The Labute approximate surface area is 320 Å². The van der Waals surface area contributed by atoms with Crippen molar-refractivity contribution in [2.45, 2.75) is 38.3 Å². The minimum absolute atomic E-state index is 0.118. The topological polar surface area (TPSA) is 141 Å². The zero-order valence-electron chi connectivity index (χ0n) is 32.0. The van der Waals surface area contributed by atoms with Crippen LogP contribution in [-0.4, -0.2) is 66.9 Å². The van der Waals surface area contributed by atoms with Crippen LogP contribution in [0.1, 0.15) is 54.2 Å². The lowest BCUT2D eigenvalue weighted by molar-refractivity contribution is 0.0935. The van der Waals surface area contributed by atoms with Gasteiger partial charge in [0.1, 0.15) is 11.9 Å². The summed E-state index contributed by atoms with van der Waals surface area (Å²) in [5.74, 6) is 4.76. The summed E-state index contributed by atoms with van der Waals surface area (Å²) in [4.78, 5) is 12.6. The van der Waals surface area contributed by atoms with Crippen molar-refractivity contribution in [3.8, 4) is 68.6 Å². The van der Waals surface area contributed by atoms with E-state index in [1.807, 2.05) is 66.7 Å². The number of unbranched alkanes of at least 4 members (excludes halogenated alkanes) is 4. The first-order chi connectivity index (χ1) is 26.9. The summed E-state index contributed by atoms with van der Waals surface area (Å²) in [5, 5.41) is 10.7. The van der Waals surface area contributed by atoms with E-state index in [0.717, 1.165) is 48.9 Å². The number of benzene rings is 4. The number of anilines is 1. The fraction of sp³-hybridized carbons (Fsp3) is 0.333. The molecule has 2 N–H and O–H groups in total. The Morgan fingerprint density at radius 3 is 1.84 bits per heavy atom. The standard InChI is InChI=1S/C42H47N3O10/c1-47-34-20-26(41-43-30-15-11-10-14-29(30)42(46)44-41)16-17-32(34)53-18-12-8-7-9-13-19-54-40-37(50-4)23-28(24-38(40)51-5)33-25-31(45-55-33)27-21-35(48-2)39(52-6)36(22-27)49-3/h10-11,14-17,20-25,41,43H,7-9,12-13,18-19H2,1-6H3,(H,44,46). The summed E-state index contributed by atoms with van der Waals surface area (Å²) in [6.07, 6.45) is 4.42. The van der Waals surface area contributed by atoms with Crippen LogP contribution in [0.15, 0.2) is 77.3 Å². The van der Waals surface area contributed by atoms with E-state index in [-0.39, 0.29) is 12.1 Å². The Kier molecular flexibility index (Phi) is 12.7. The van der Waals surface area contributed by atoms with Crippen molar-refractivity contribution in [3.63, 3.8) is 0 Å². The maximum absolute atomic E-state index is 12.6. The van der Waals surface area contributed by atoms with Crippen molar-refractivity contribution in [3.05, 3.63) is 83.9 Å². The third kappa shape index (κ3) is 8.77. The summed E-state index contributed by atoms with van der Waals surface area (Å²) >= 11 is 0. The molecule has 1 unspecified atom stereocenters. The molecule has 1 aliphatic heterocycles. The zero-order valence-corrected chi connectivity index (χ0v) is 32.0. The Bertz CT molecular complexity index is 2030. The van der Waals surface area contributed by atoms with Gasteiger partial charge in [0.05, 0.1) is 61.4 Å². The Hall–Kier alpha value is -6.24. The molecule has 1 amide bonds. The Morgan fingerprint density at radius 2 is 1.18 bits per heavy atom. The predicted molar refractivity (Wildman–Crippen MR) is 207 cm³/mol. The monoisotopic (exact) mass is 753 g/mol. The molecule has 2 heterocycles. The third-order valence-corrected chi connectivity index (χ3v) is 9.28. The first-order valence-corrected chi connectivity index (χ1v) is 18.0. The van der Waals surface area contributed by atoms with Gasteiger partial charge in [-0.2, -0.15) is 0 Å². The molecule has 0 bridgehead atoms. The van der Waals surface area contributed by atoms with E-state index in [1.54, 1.807) is 48.7 Å². The van der Waals surface area contributed by atoms with E-state index in [4.69, 9.17) is 42.4 Å². The van der Waals surface area contributed by atoms with Gasteiger partial charge in [0.2, 0.25) is 11.5 Å². The lowest BCUT2D eigenvalue weighted by atomic mass is 10.1. The second-order valence-electron chi connectivity index (χ2n) is 12.7. The highest BCUT2D eigenvalue weighted by Crippen LogP contribution is 2.44. The molecule has 1 aromatic heterocycles. The number of nitrogens with zero attached hydrogens (tertiary/aromatic N) is 1. The lowest BCUT2D eigenvalue weighted by Gasteiger charge is -2.28. The maximum atomic E-state index is 12.6. The van der Waals surface area contributed by atoms with Gasteiger partial charge in [0, 0.05) is 22.9 Å². The van der Waals surface area contributed by atoms with E-state index in [2.05, 4.69) is 15.8 Å². The average molecular weight is 754 g/mol. The average Bonchev–Trinajstić information content (AvgIpc) is 3.73. The van der Waals surface area contributed by atoms with Gasteiger partial charge in [0.25, 0.3) is 5.91 Å². The Morgan fingerprint density at radius 1 is 0.582 bits per heavy atom. The van der Waals surface area contributed by atoms with Crippen LogP contribution in [0.5, 0.6) is 46.0 Å². The van der Waals surface area contributed by atoms with Crippen LogP contribution in [0.25, 0.3) is 22.6 Å². The van der Waals surface area contributed by atoms with Gasteiger partial charge in [-0.15, -0.1) is 0 Å². The smallest absolute Gasteiger partial charge is 0.255 e. The molecule has 290 valence electrons. The number of amides is 1. The van der Waals surface area contributed by atoms with Gasteiger partial charge < -0.3 is 53.1 Å². The molecule has 0 radical (unpaired) electrons. The van der Waals surface area contributed by atoms with Gasteiger partial charge >= 0.3 is 0 Å². The van der Waals surface area contributed by atoms with Crippen molar-refractivity contribution >= 4 is 11.6 Å². The van der Waals surface area contributed by atoms with Crippen LogP contribution in [-0.2, 0) is 0 Å². The number of hydrogen-bond acceptors (Lipinski definition) is 12. The second kappa shape index (κ2) is 18.2. The van der Waals surface area contributed by atoms with Crippen LogP contribution >= 0.6 is 0 Å². The number of ether oxygens (including phenoxy) is 8. The van der Waals surface area contributed by atoms with Crippen molar-refractivity contribution in [2.75, 3.05) is 61.2 Å². The molecule has 55 heavy (non-hydrogen) atoms. The van der Waals surface area contributed by atoms with Crippen molar-refractivity contribution in [2.24, 2.45) is 0 Å². The molecular weight excluding hydrogens is 706 g/mol. The molecule has 13 heteroatoms. The van der Waals surface area contributed by atoms with Gasteiger partial charge in [-0.25, -0.2) is 0 Å². The van der Waals surface area contributed by atoms with Crippen molar-refractivity contribution < 1.29 is 47.2 Å². The predicted octanol–water partition coefficient (Wildman–Crippen LogP) is 8.32. The van der Waals surface area contributed by atoms with Crippen molar-refractivity contribution in [1.29, 1.82) is 0 Å². The molecule has 0 fully saturated rings. The first-order valence-electron chi connectivity index (χ1n) is 18.0. The van der Waals surface area contributed by atoms with Crippen LogP contribution in [0, 0.1) is 0 Å². The van der Waals surface area contributed by atoms with Crippen LogP contribution in [0.4, 0.5) is 5.69 Å². The number of carbonyl (C=O) groups is 1. The summed E-state index contributed by atoms with van der Waals surface area (Å²) in [7, 11) is 9.48. The normalized spacial score (nSPS) is 13.2. The van der Waals surface area contributed by atoms with Gasteiger partial charge in [-0.05, 0) is 66.9 Å². The molecule has 0 spiro atoms. The minimum Gasteiger partial charge on any atom is -0.493 e. The molecule has 13 nitrogen and oxygen atoms in total. The van der Waals surface area contributed by atoms with Crippen LogP contribution < -0.4 is 48.5 Å². The molecule has 0 aliphatic carbocycles. The van der Waals surface area contributed by atoms with E-state index >= 15 is 0 Å². The highest BCUT2D eigenvalue weighted by Gasteiger charge is 2.25. The number of aromatic nitrogens is 1. The van der Waals surface area contributed by atoms with E-state index < -0.39 is 0 Å². The maximum Gasteiger partial charge on any atom is 0.255 e. The molecule has 0 saturated carbocycles. The van der Waals surface area contributed by atoms with Crippen LogP contribution in [0.2, 0.25) is 0 Å². The molecule has 5 aromatic rings. The van der Waals surface area contributed by atoms with Gasteiger partial charge in [-0.1, -0.05) is 42.6 Å². The first kappa shape index (κ1) is 38.5. The molecular formula is C42H47N3O10. The molecule has 0 saturated heterocycles. The summed E-state index contributed by atoms with van der Waals surface area (Å²) in [6.45, 7) is 1.06. The molecule has 1 aliphatic rings. The number of fused-ring (bicyclic) bond motifs is 1. The number of para-hydroxylation sites is 1. The molecule has 4 aromatic carbocycles. The SMILES string of the molecule is COc1cc(C2NC(=O)c3ccccc3N2)ccc1OCCCCCCCOc1c(OC)cc(-c2cc(-c3cc(OC)c(OC)c(OC)c3)no2)cc1OC. The summed E-state index contributed by atoms with van der Waals surface area (Å²) < 4.78 is 51.4. The fourth-order valence-corrected chi connectivity index (χ4v) is 6.39. The number of nitrogens with one attached hydrogen (secondary N) is 2. The summed E-state index contributed by atoms with van der Waals surface area (Å²) in [6, 6.07) is 22.3. The van der Waals surface area contributed by atoms with E-state index in [9.17, 15) is 4.79 Å². The van der Waals surface area contributed by atoms with Gasteiger partial charge in [-0.3, -0.25) is 4.79 Å².